The van der Waals surface area contributed by atoms with Crippen LogP contribution in [0.1, 0.15) is 25.5 Å². The van der Waals surface area contributed by atoms with E-state index in [1.54, 1.807) is 30.1 Å². The summed E-state index contributed by atoms with van der Waals surface area (Å²) in [5.74, 6) is 0.205. The first-order chi connectivity index (χ1) is 11.8. The molecule has 0 unspecified atom stereocenters. The largest absolute Gasteiger partial charge is 0.308 e. The van der Waals surface area contributed by atoms with Crippen LogP contribution in [0.5, 0.6) is 0 Å². The number of hydrogen-bond donors (Lipinski definition) is 1. The standard InChI is InChI=1S/C17H18BrN5O2/c1-10(2)16-13-8-11(18)4-5-12(13)17(25)23(21-16)9-15(24)19-14-6-7-22(3)20-14/h4-8,10H,9H2,1-3H3,(H,19,20,24). The van der Waals surface area contributed by atoms with E-state index in [-0.39, 0.29) is 23.9 Å². The number of rotatable bonds is 4. The molecule has 8 heteroatoms. The number of carbonyl (C=O) groups is 1. The lowest BCUT2D eigenvalue weighted by Crippen LogP contribution is -2.31. The Morgan fingerprint density at radius 2 is 2.00 bits per heavy atom. The highest BCUT2D eigenvalue weighted by Crippen LogP contribution is 2.24. The third-order valence-corrected chi connectivity index (χ3v) is 4.27. The third-order valence-electron chi connectivity index (χ3n) is 3.77. The molecule has 0 aliphatic heterocycles. The zero-order valence-electron chi connectivity index (χ0n) is 14.2. The van der Waals surface area contributed by atoms with Gasteiger partial charge in [-0.1, -0.05) is 29.8 Å². The zero-order valence-corrected chi connectivity index (χ0v) is 15.7. The van der Waals surface area contributed by atoms with E-state index < -0.39 is 0 Å². The van der Waals surface area contributed by atoms with Crippen LogP contribution in [-0.2, 0) is 18.4 Å². The Balaban J connectivity index is 1.98. The SMILES string of the molecule is CC(C)c1nn(CC(=O)Nc2ccn(C)n2)c(=O)c2ccc(Br)cc12. The molecule has 1 N–H and O–H groups in total. The second-order valence-corrected chi connectivity index (χ2v) is 7.03. The summed E-state index contributed by atoms with van der Waals surface area (Å²) >= 11 is 3.43. The lowest BCUT2D eigenvalue weighted by Gasteiger charge is -2.13. The molecular formula is C17H18BrN5O2. The highest BCUT2D eigenvalue weighted by molar-refractivity contribution is 9.10. The maximum absolute atomic E-state index is 12.7. The topological polar surface area (TPSA) is 81.8 Å². The van der Waals surface area contributed by atoms with Crippen LogP contribution in [0, 0.1) is 0 Å². The molecule has 25 heavy (non-hydrogen) atoms. The van der Waals surface area contributed by atoms with Gasteiger partial charge in [-0.15, -0.1) is 0 Å². The van der Waals surface area contributed by atoms with E-state index in [1.165, 1.54) is 4.68 Å². The quantitative estimate of drug-likeness (QED) is 0.725. The first-order valence-corrected chi connectivity index (χ1v) is 8.64. The second kappa shape index (κ2) is 6.79. The molecule has 0 bridgehead atoms. The maximum Gasteiger partial charge on any atom is 0.275 e. The highest BCUT2D eigenvalue weighted by Gasteiger charge is 2.16. The van der Waals surface area contributed by atoms with Crippen LogP contribution in [0.15, 0.2) is 39.7 Å². The molecule has 3 rings (SSSR count). The minimum atomic E-state index is -0.348. The molecule has 2 aromatic heterocycles. The molecule has 0 aliphatic rings. The number of aryl methyl sites for hydroxylation is 1. The van der Waals surface area contributed by atoms with Gasteiger partial charge >= 0.3 is 0 Å². The van der Waals surface area contributed by atoms with Gasteiger partial charge in [-0.05, 0) is 24.1 Å². The van der Waals surface area contributed by atoms with Gasteiger partial charge in [0.05, 0.1) is 11.1 Å². The van der Waals surface area contributed by atoms with E-state index in [9.17, 15) is 9.59 Å². The van der Waals surface area contributed by atoms with Crippen molar-refractivity contribution < 1.29 is 4.79 Å². The first kappa shape index (κ1) is 17.3. The van der Waals surface area contributed by atoms with E-state index in [1.807, 2.05) is 26.0 Å². The minimum Gasteiger partial charge on any atom is -0.308 e. The third kappa shape index (κ3) is 3.63. The van der Waals surface area contributed by atoms with Gasteiger partial charge in [-0.25, -0.2) is 4.68 Å². The zero-order chi connectivity index (χ0) is 18.1. The van der Waals surface area contributed by atoms with Crippen molar-refractivity contribution in [2.45, 2.75) is 26.3 Å². The Kier molecular flexibility index (Phi) is 4.71. The van der Waals surface area contributed by atoms with Gasteiger partial charge < -0.3 is 5.32 Å². The molecular weight excluding hydrogens is 386 g/mol. The number of benzene rings is 1. The summed E-state index contributed by atoms with van der Waals surface area (Å²) in [6.07, 6.45) is 1.73. The van der Waals surface area contributed by atoms with E-state index in [0.717, 1.165) is 15.6 Å². The van der Waals surface area contributed by atoms with Crippen LogP contribution >= 0.6 is 15.9 Å². The van der Waals surface area contributed by atoms with Gasteiger partial charge in [0.25, 0.3) is 5.56 Å². The molecule has 0 aliphatic carbocycles. The highest BCUT2D eigenvalue weighted by atomic mass is 79.9. The number of amides is 1. The van der Waals surface area contributed by atoms with Crippen molar-refractivity contribution in [3.05, 3.63) is 51.0 Å². The predicted octanol–water partition coefficient (Wildman–Crippen LogP) is 2.65. The predicted molar refractivity (Wildman–Crippen MR) is 99.6 cm³/mol. The molecule has 0 saturated heterocycles. The van der Waals surface area contributed by atoms with E-state index in [4.69, 9.17) is 0 Å². The van der Waals surface area contributed by atoms with Crippen molar-refractivity contribution in [1.29, 1.82) is 0 Å². The molecule has 1 aromatic carbocycles. The smallest absolute Gasteiger partial charge is 0.275 e. The Labute approximate surface area is 152 Å². The fraction of sp³-hybridized carbons (Fsp3) is 0.294. The molecule has 2 heterocycles. The van der Waals surface area contributed by atoms with Crippen molar-refractivity contribution in [3.8, 4) is 0 Å². The number of fused-ring (bicyclic) bond motifs is 1. The van der Waals surface area contributed by atoms with E-state index in [2.05, 4.69) is 31.4 Å². The molecule has 0 saturated carbocycles. The van der Waals surface area contributed by atoms with Crippen LogP contribution in [0.3, 0.4) is 0 Å². The monoisotopic (exact) mass is 403 g/mol. The van der Waals surface area contributed by atoms with Crippen molar-refractivity contribution in [2.75, 3.05) is 5.32 Å². The van der Waals surface area contributed by atoms with Gasteiger partial charge in [-0.2, -0.15) is 10.2 Å². The molecule has 0 fully saturated rings. The first-order valence-electron chi connectivity index (χ1n) is 7.85. The molecule has 7 nitrogen and oxygen atoms in total. The summed E-state index contributed by atoms with van der Waals surface area (Å²) in [6.45, 7) is 3.85. The van der Waals surface area contributed by atoms with Crippen LogP contribution in [0.2, 0.25) is 0 Å². The van der Waals surface area contributed by atoms with Crippen LogP contribution in [-0.4, -0.2) is 25.5 Å². The van der Waals surface area contributed by atoms with Crippen LogP contribution in [0.25, 0.3) is 10.8 Å². The van der Waals surface area contributed by atoms with Crippen molar-refractivity contribution in [1.82, 2.24) is 19.6 Å². The summed E-state index contributed by atoms with van der Waals surface area (Å²) in [5.41, 5.74) is 0.490. The van der Waals surface area contributed by atoms with Gasteiger partial charge in [-0.3, -0.25) is 14.3 Å². The molecule has 3 aromatic rings. The van der Waals surface area contributed by atoms with E-state index in [0.29, 0.717) is 11.2 Å². The van der Waals surface area contributed by atoms with Crippen LogP contribution in [0.4, 0.5) is 5.82 Å². The van der Waals surface area contributed by atoms with Gasteiger partial charge in [0.2, 0.25) is 5.91 Å². The summed E-state index contributed by atoms with van der Waals surface area (Å²) in [7, 11) is 1.76. The Bertz CT molecular complexity index is 1010. The van der Waals surface area contributed by atoms with Crippen molar-refractivity contribution >= 4 is 38.4 Å². The van der Waals surface area contributed by atoms with E-state index >= 15 is 0 Å². The molecule has 1 amide bonds. The summed E-state index contributed by atoms with van der Waals surface area (Å²) in [5, 5.41) is 12.5. The number of anilines is 1. The Morgan fingerprint density at radius 3 is 2.64 bits per heavy atom. The Hall–Kier alpha value is -2.48. The summed E-state index contributed by atoms with van der Waals surface area (Å²) in [4.78, 5) is 24.9. The normalized spacial score (nSPS) is 11.2. The fourth-order valence-corrected chi connectivity index (χ4v) is 2.98. The lowest BCUT2D eigenvalue weighted by atomic mass is 10.0. The molecule has 0 spiro atoms. The molecule has 130 valence electrons. The maximum atomic E-state index is 12.7. The number of nitrogens with zero attached hydrogens (tertiary/aromatic N) is 4. The number of carbonyl (C=O) groups excluding carboxylic acids is 1. The Morgan fingerprint density at radius 1 is 1.24 bits per heavy atom. The average Bonchev–Trinajstić information content (AvgIpc) is 2.94. The fourth-order valence-electron chi connectivity index (χ4n) is 2.62. The number of halogens is 1. The molecule has 0 atom stereocenters. The van der Waals surface area contributed by atoms with Crippen molar-refractivity contribution in [2.24, 2.45) is 7.05 Å². The average molecular weight is 404 g/mol. The van der Waals surface area contributed by atoms with Crippen LogP contribution < -0.4 is 10.9 Å². The number of nitrogens with one attached hydrogen (secondary N) is 1. The van der Waals surface area contributed by atoms with Gasteiger partial charge in [0.1, 0.15) is 6.54 Å². The minimum absolute atomic E-state index is 0.113. The molecule has 0 radical (unpaired) electrons. The number of aromatic nitrogens is 4. The van der Waals surface area contributed by atoms with Gasteiger partial charge in [0, 0.05) is 29.2 Å². The van der Waals surface area contributed by atoms with Gasteiger partial charge in [0.15, 0.2) is 5.82 Å². The second-order valence-electron chi connectivity index (χ2n) is 6.12. The number of hydrogen-bond acceptors (Lipinski definition) is 4. The van der Waals surface area contributed by atoms with Crippen molar-refractivity contribution in [3.63, 3.8) is 0 Å². The summed E-state index contributed by atoms with van der Waals surface area (Å²) < 4.78 is 3.68. The summed E-state index contributed by atoms with van der Waals surface area (Å²) in [6, 6.07) is 7.14. The lowest BCUT2D eigenvalue weighted by molar-refractivity contribution is -0.117.